The summed E-state index contributed by atoms with van der Waals surface area (Å²) in [4.78, 5) is 47.2. The number of piperazine rings is 1. The van der Waals surface area contributed by atoms with Crippen LogP contribution in [0.2, 0.25) is 5.02 Å². The Balaban J connectivity index is 1.43. The van der Waals surface area contributed by atoms with Gasteiger partial charge in [-0.1, -0.05) is 51.3 Å². The molecular formula is C32H37ClFN3O5. The number of fused-ring (bicyclic) bond motifs is 1. The van der Waals surface area contributed by atoms with Crippen molar-refractivity contribution in [2.75, 3.05) is 19.6 Å². The largest absolute Gasteiger partial charge is 0.481 e. The van der Waals surface area contributed by atoms with Crippen molar-refractivity contribution < 1.29 is 28.3 Å². The maximum Gasteiger partial charge on any atom is 0.307 e. The van der Waals surface area contributed by atoms with Crippen LogP contribution in [0, 0.1) is 17.7 Å². The topological polar surface area (TPSA) is 104 Å². The normalized spacial score (nSPS) is 21.0. The Kier molecular flexibility index (Phi) is 7.85. The lowest BCUT2D eigenvalue weighted by atomic mass is 9.78. The summed E-state index contributed by atoms with van der Waals surface area (Å²) in [7, 11) is 0. The number of amides is 2. The van der Waals surface area contributed by atoms with Gasteiger partial charge in [-0.05, 0) is 50.3 Å². The molecule has 1 aliphatic carbocycles. The highest BCUT2D eigenvalue weighted by atomic mass is 35.5. The van der Waals surface area contributed by atoms with E-state index in [9.17, 15) is 23.9 Å². The molecule has 0 bridgehead atoms. The number of carbonyl (C=O) groups is 3. The first-order valence-electron chi connectivity index (χ1n) is 14.4. The van der Waals surface area contributed by atoms with Crippen LogP contribution in [-0.4, -0.2) is 62.8 Å². The van der Waals surface area contributed by atoms with Crippen LogP contribution in [0.1, 0.15) is 76.4 Å². The Morgan fingerprint density at radius 3 is 2.38 bits per heavy atom. The van der Waals surface area contributed by atoms with Crippen molar-refractivity contribution in [3.05, 3.63) is 52.5 Å². The number of nitrogens with zero attached hydrogens (tertiary/aromatic N) is 3. The van der Waals surface area contributed by atoms with Gasteiger partial charge in [-0.2, -0.15) is 0 Å². The van der Waals surface area contributed by atoms with Crippen molar-refractivity contribution in [1.29, 1.82) is 0 Å². The number of carboxylic acids is 1. The van der Waals surface area contributed by atoms with Gasteiger partial charge in [0.2, 0.25) is 5.91 Å². The van der Waals surface area contributed by atoms with Gasteiger partial charge in [-0.3, -0.25) is 14.4 Å². The zero-order valence-corrected chi connectivity index (χ0v) is 25.4. The van der Waals surface area contributed by atoms with E-state index in [-0.39, 0.29) is 34.6 Å². The summed E-state index contributed by atoms with van der Waals surface area (Å²) < 4.78 is 20.4. The Morgan fingerprint density at radius 2 is 1.76 bits per heavy atom. The van der Waals surface area contributed by atoms with Crippen LogP contribution in [0.25, 0.3) is 22.4 Å². The molecule has 2 atom stereocenters. The van der Waals surface area contributed by atoms with Crippen molar-refractivity contribution in [1.82, 2.24) is 14.8 Å². The molecule has 1 saturated carbocycles. The van der Waals surface area contributed by atoms with Crippen molar-refractivity contribution in [3.8, 4) is 11.3 Å². The van der Waals surface area contributed by atoms with Gasteiger partial charge in [-0.15, -0.1) is 0 Å². The molecular weight excluding hydrogens is 561 g/mol. The Hall–Kier alpha value is -3.46. The third-order valence-electron chi connectivity index (χ3n) is 8.57. The average Bonchev–Trinajstić information content (AvgIpc) is 3.36. The summed E-state index contributed by atoms with van der Waals surface area (Å²) in [6.07, 6.45) is 2.74. The molecule has 10 heteroatoms. The van der Waals surface area contributed by atoms with Crippen LogP contribution in [0.15, 0.2) is 34.7 Å². The summed E-state index contributed by atoms with van der Waals surface area (Å²) in [6, 6.07) is 8.00. The van der Waals surface area contributed by atoms with Gasteiger partial charge in [0.05, 0.1) is 28.1 Å². The van der Waals surface area contributed by atoms with Gasteiger partial charge >= 0.3 is 5.97 Å². The fourth-order valence-electron chi connectivity index (χ4n) is 6.30. The predicted molar refractivity (Wildman–Crippen MR) is 158 cm³/mol. The molecule has 1 saturated heterocycles. The van der Waals surface area contributed by atoms with E-state index in [2.05, 4.69) is 0 Å². The first kappa shape index (κ1) is 30.0. The lowest BCUT2D eigenvalue weighted by Gasteiger charge is -2.48. The van der Waals surface area contributed by atoms with Gasteiger partial charge < -0.3 is 19.3 Å². The van der Waals surface area contributed by atoms with Crippen LogP contribution in [0.3, 0.4) is 0 Å². The minimum absolute atomic E-state index is 0.0249. The number of furan rings is 1. The number of hydrogen-bond acceptors (Lipinski definition) is 5. The molecule has 3 aromatic rings. The van der Waals surface area contributed by atoms with Gasteiger partial charge in [0.1, 0.15) is 11.3 Å². The first-order valence-corrected chi connectivity index (χ1v) is 14.8. The number of pyridine rings is 1. The Bertz CT molecular complexity index is 1560. The van der Waals surface area contributed by atoms with Crippen LogP contribution >= 0.6 is 11.6 Å². The third kappa shape index (κ3) is 5.63. The minimum Gasteiger partial charge on any atom is -0.481 e. The van der Waals surface area contributed by atoms with E-state index in [4.69, 9.17) is 21.0 Å². The number of halogens is 2. The van der Waals surface area contributed by atoms with Crippen LogP contribution in [0.4, 0.5) is 4.39 Å². The molecule has 8 nitrogen and oxygen atoms in total. The van der Waals surface area contributed by atoms with Crippen molar-refractivity contribution >= 4 is 40.5 Å². The summed E-state index contributed by atoms with van der Waals surface area (Å²) in [5.74, 6) is -2.98. The molecule has 1 aliphatic heterocycles. The SMILES string of the molecule is CC(C)(C)c1cc(-c2ccc(Cl)c(F)c2)nc2cc(C(=O)N3CCN(C(=O)C4CCCCC4C(=O)O)CC3(C)C)oc12. The van der Waals surface area contributed by atoms with Gasteiger partial charge in [0.25, 0.3) is 5.91 Å². The Labute approximate surface area is 249 Å². The molecule has 42 heavy (non-hydrogen) atoms. The molecule has 3 heterocycles. The monoisotopic (exact) mass is 597 g/mol. The number of benzene rings is 1. The highest BCUT2D eigenvalue weighted by molar-refractivity contribution is 6.30. The summed E-state index contributed by atoms with van der Waals surface area (Å²) in [6.45, 7) is 10.8. The standard InChI is InChI=1S/C32H37ClFN3O5/c1-31(2,3)21-15-24(18-10-11-22(33)23(34)14-18)35-25-16-26(42-27(21)25)29(39)37-13-12-36(17-32(37,4)5)28(38)19-8-6-7-9-20(19)30(40)41/h10-11,14-16,19-20H,6-9,12-13,17H2,1-5H3,(H,40,41). The molecule has 2 aromatic heterocycles. The van der Waals surface area contributed by atoms with Gasteiger partial charge in [0.15, 0.2) is 11.3 Å². The quantitative estimate of drug-likeness (QED) is 0.366. The summed E-state index contributed by atoms with van der Waals surface area (Å²) in [5, 5.41) is 9.70. The summed E-state index contributed by atoms with van der Waals surface area (Å²) >= 11 is 5.89. The first-order chi connectivity index (χ1) is 19.7. The van der Waals surface area contributed by atoms with Crippen molar-refractivity contribution in [2.24, 2.45) is 11.8 Å². The minimum atomic E-state index is -0.918. The second-order valence-electron chi connectivity index (χ2n) is 13.1. The smallest absolute Gasteiger partial charge is 0.307 e. The van der Waals surface area contributed by atoms with Gasteiger partial charge in [-0.25, -0.2) is 9.37 Å². The number of aliphatic carboxylic acids is 1. The van der Waals surface area contributed by atoms with E-state index < -0.39 is 29.2 Å². The van der Waals surface area contributed by atoms with Crippen LogP contribution in [0.5, 0.6) is 0 Å². The molecule has 1 N–H and O–H groups in total. The molecule has 5 rings (SSSR count). The summed E-state index contributed by atoms with van der Waals surface area (Å²) in [5.41, 5.74) is 1.82. The highest BCUT2D eigenvalue weighted by Crippen LogP contribution is 2.37. The van der Waals surface area contributed by atoms with Gasteiger partial charge in [0, 0.05) is 36.8 Å². The Morgan fingerprint density at radius 1 is 1.07 bits per heavy atom. The fraction of sp³-hybridized carbons (Fsp3) is 0.500. The molecule has 2 unspecified atom stereocenters. The fourth-order valence-corrected chi connectivity index (χ4v) is 6.41. The average molecular weight is 598 g/mol. The molecule has 224 valence electrons. The van der Waals surface area contributed by atoms with E-state index in [0.29, 0.717) is 48.3 Å². The molecule has 1 aromatic carbocycles. The maximum absolute atomic E-state index is 14.3. The zero-order chi connectivity index (χ0) is 30.6. The third-order valence-corrected chi connectivity index (χ3v) is 8.88. The van der Waals surface area contributed by atoms with Crippen molar-refractivity contribution in [3.63, 3.8) is 0 Å². The molecule has 2 amide bonds. The van der Waals surface area contributed by atoms with Crippen LogP contribution in [-0.2, 0) is 15.0 Å². The lowest BCUT2D eigenvalue weighted by molar-refractivity contribution is -0.154. The number of carboxylic acid groups (broad SMARTS) is 1. The maximum atomic E-state index is 14.3. The zero-order valence-electron chi connectivity index (χ0n) is 24.7. The number of aromatic nitrogens is 1. The number of hydrogen-bond donors (Lipinski definition) is 1. The number of carbonyl (C=O) groups excluding carboxylic acids is 2. The molecule has 2 fully saturated rings. The van der Waals surface area contributed by atoms with E-state index in [0.717, 1.165) is 18.4 Å². The molecule has 0 spiro atoms. The van der Waals surface area contributed by atoms with E-state index in [1.165, 1.54) is 12.1 Å². The molecule has 0 radical (unpaired) electrons. The lowest BCUT2D eigenvalue weighted by Crippen LogP contribution is -2.63. The van der Waals surface area contributed by atoms with E-state index >= 15 is 0 Å². The van der Waals surface area contributed by atoms with E-state index in [1.807, 2.05) is 40.7 Å². The number of rotatable bonds is 4. The second kappa shape index (κ2) is 11.0. The predicted octanol–water partition coefficient (Wildman–Crippen LogP) is 6.54. The highest BCUT2D eigenvalue weighted by Gasteiger charge is 2.44. The molecule has 2 aliphatic rings. The second-order valence-corrected chi connectivity index (χ2v) is 13.5. The van der Waals surface area contributed by atoms with Crippen molar-refractivity contribution in [2.45, 2.75) is 71.3 Å². The van der Waals surface area contributed by atoms with E-state index in [1.54, 1.807) is 21.9 Å². The van der Waals surface area contributed by atoms with Crippen LogP contribution < -0.4 is 0 Å².